The van der Waals surface area contributed by atoms with Crippen LogP contribution in [0, 0.1) is 0 Å². The van der Waals surface area contributed by atoms with Gasteiger partial charge in [-0.3, -0.25) is 0 Å². The molecule has 0 saturated carbocycles. The molecular formula is C29H41NO5. The van der Waals surface area contributed by atoms with E-state index < -0.39 is 0 Å². The number of hydrogen-bond acceptors (Lipinski definition) is 5. The van der Waals surface area contributed by atoms with Crippen LogP contribution >= 0.6 is 0 Å². The Morgan fingerprint density at radius 2 is 1.29 bits per heavy atom. The molecule has 2 aromatic rings. The highest BCUT2D eigenvalue weighted by molar-refractivity contribution is 5.79. The third-order valence-electron chi connectivity index (χ3n) is 6.36. The Balaban J connectivity index is 1.23. The molecule has 0 bridgehead atoms. The van der Waals surface area contributed by atoms with Crippen molar-refractivity contribution in [2.24, 2.45) is 0 Å². The lowest BCUT2D eigenvalue weighted by Gasteiger charge is -2.19. The van der Waals surface area contributed by atoms with Crippen LogP contribution in [0.3, 0.4) is 0 Å². The number of carbonyl (C=O) groups excluding carboxylic acids is 1. The largest absolute Gasteiger partial charge is 0.448 e. The van der Waals surface area contributed by atoms with E-state index in [0.717, 1.165) is 13.0 Å². The van der Waals surface area contributed by atoms with Gasteiger partial charge in [0.2, 0.25) is 0 Å². The molecule has 0 saturated heterocycles. The van der Waals surface area contributed by atoms with E-state index in [2.05, 4.69) is 31.2 Å². The average Bonchev–Trinajstić information content (AvgIpc) is 3.21. The number of hydrogen-bond donors (Lipinski definition) is 0. The molecule has 35 heavy (non-hydrogen) atoms. The minimum Gasteiger partial charge on any atom is -0.448 e. The van der Waals surface area contributed by atoms with Gasteiger partial charge in [0.05, 0.1) is 33.0 Å². The number of likely N-dealkylation sites (N-methyl/N-ethyl adjacent to an activating group) is 1. The van der Waals surface area contributed by atoms with Crippen molar-refractivity contribution in [2.75, 3.05) is 59.8 Å². The highest BCUT2D eigenvalue weighted by atomic mass is 16.6. The fourth-order valence-corrected chi connectivity index (χ4v) is 4.35. The zero-order valence-electron chi connectivity index (χ0n) is 21.4. The molecule has 3 rings (SSSR count). The molecule has 0 aromatic heterocycles. The van der Waals surface area contributed by atoms with Crippen LogP contribution in [-0.4, -0.2) is 70.8 Å². The maximum atomic E-state index is 12.5. The molecule has 0 fully saturated rings. The molecule has 0 unspecified atom stereocenters. The summed E-state index contributed by atoms with van der Waals surface area (Å²) >= 11 is 0. The summed E-state index contributed by atoms with van der Waals surface area (Å²) in [6, 6.07) is 16.7. The Labute approximate surface area is 210 Å². The normalized spacial score (nSPS) is 12.4. The third kappa shape index (κ3) is 8.64. The minimum atomic E-state index is -0.335. The van der Waals surface area contributed by atoms with Gasteiger partial charge in [-0.15, -0.1) is 0 Å². The van der Waals surface area contributed by atoms with E-state index in [0.29, 0.717) is 46.2 Å². The van der Waals surface area contributed by atoms with Crippen molar-refractivity contribution in [1.29, 1.82) is 0 Å². The van der Waals surface area contributed by atoms with E-state index in [1.54, 1.807) is 11.9 Å². The predicted molar refractivity (Wildman–Crippen MR) is 139 cm³/mol. The predicted octanol–water partition coefficient (Wildman–Crippen LogP) is 5.89. The summed E-state index contributed by atoms with van der Waals surface area (Å²) in [7, 11) is 1.73. The molecule has 6 heteroatoms. The number of amides is 1. The molecule has 0 N–H and O–H groups in total. The molecule has 0 aliphatic heterocycles. The molecule has 0 heterocycles. The number of rotatable bonds is 17. The lowest BCUT2D eigenvalue weighted by molar-refractivity contribution is 0.0105. The van der Waals surface area contributed by atoms with Gasteiger partial charge >= 0.3 is 6.09 Å². The van der Waals surface area contributed by atoms with Gasteiger partial charge in [0, 0.05) is 26.1 Å². The van der Waals surface area contributed by atoms with Gasteiger partial charge < -0.3 is 23.8 Å². The second-order valence-corrected chi connectivity index (χ2v) is 8.98. The minimum absolute atomic E-state index is 0.0678. The van der Waals surface area contributed by atoms with Crippen LogP contribution in [0.15, 0.2) is 48.5 Å². The first-order chi connectivity index (χ1) is 17.2. The van der Waals surface area contributed by atoms with Crippen molar-refractivity contribution in [3.8, 4) is 11.1 Å². The average molecular weight is 484 g/mol. The first kappa shape index (κ1) is 27.2. The van der Waals surface area contributed by atoms with Gasteiger partial charge in [-0.2, -0.15) is 0 Å². The van der Waals surface area contributed by atoms with E-state index in [4.69, 9.17) is 18.9 Å². The Bertz CT molecular complexity index is 841. The molecule has 192 valence electrons. The number of nitrogens with zero attached hydrogens (tertiary/aromatic N) is 1. The van der Waals surface area contributed by atoms with Crippen LogP contribution in [0.4, 0.5) is 4.79 Å². The van der Waals surface area contributed by atoms with Crippen LogP contribution in [-0.2, 0) is 18.9 Å². The van der Waals surface area contributed by atoms with Crippen LogP contribution in [0.2, 0.25) is 0 Å². The number of fused-ring (bicyclic) bond motifs is 3. The van der Waals surface area contributed by atoms with Gasteiger partial charge in [0.25, 0.3) is 0 Å². The van der Waals surface area contributed by atoms with Crippen molar-refractivity contribution in [1.82, 2.24) is 4.90 Å². The van der Waals surface area contributed by atoms with Crippen molar-refractivity contribution < 1.29 is 23.7 Å². The summed E-state index contributed by atoms with van der Waals surface area (Å²) in [6.07, 6.45) is 5.91. The highest BCUT2D eigenvalue weighted by Gasteiger charge is 2.29. The molecule has 2 aromatic carbocycles. The third-order valence-corrected chi connectivity index (χ3v) is 6.36. The van der Waals surface area contributed by atoms with E-state index in [-0.39, 0.29) is 12.0 Å². The van der Waals surface area contributed by atoms with Gasteiger partial charge in [-0.05, 0) is 28.7 Å². The Morgan fingerprint density at radius 1 is 0.743 bits per heavy atom. The SMILES string of the molecule is CCCCCCCOCCOCCOCCN(C)C(=O)OCC1c2ccccc2-c2ccccc21. The molecule has 0 atom stereocenters. The van der Waals surface area contributed by atoms with Crippen LogP contribution in [0.5, 0.6) is 0 Å². The summed E-state index contributed by atoms with van der Waals surface area (Å²) < 4.78 is 22.4. The smallest absolute Gasteiger partial charge is 0.409 e. The highest BCUT2D eigenvalue weighted by Crippen LogP contribution is 2.44. The lowest BCUT2D eigenvalue weighted by atomic mass is 9.98. The molecule has 1 amide bonds. The van der Waals surface area contributed by atoms with Crippen molar-refractivity contribution >= 4 is 6.09 Å². The van der Waals surface area contributed by atoms with Crippen molar-refractivity contribution in [3.63, 3.8) is 0 Å². The fraction of sp³-hybridized carbons (Fsp3) is 0.552. The molecule has 1 aliphatic rings. The van der Waals surface area contributed by atoms with Crippen molar-refractivity contribution in [3.05, 3.63) is 59.7 Å². The Kier molecular flexibility index (Phi) is 12.1. The quantitative estimate of drug-likeness (QED) is 0.263. The zero-order valence-corrected chi connectivity index (χ0v) is 21.4. The van der Waals surface area contributed by atoms with Crippen LogP contribution < -0.4 is 0 Å². The Morgan fingerprint density at radius 3 is 1.91 bits per heavy atom. The summed E-state index contributed by atoms with van der Waals surface area (Å²) in [5.74, 6) is 0.0678. The number of carbonyl (C=O) groups is 1. The number of ether oxygens (including phenoxy) is 4. The van der Waals surface area contributed by atoms with Crippen LogP contribution in [0.25, 0.3) is 11.1 Å². The maximum Gasteiger partial charge on any atom is 0.409 e. The molecule has 0 spiro atoms. The fourth-order valence-electron chi connectivity index (χ4n) is 4.35. The molecule has 1 aliphatic carbocycles. The summed E-state index contributed by atoms with van der Waals surface area (Å²) in [5.41, 5.74) is 4.87. The number of benzene rings is 2. The first-order valence-corrected chi connectivity index (χ1v) is 13.0. The van der Waals surface area contributed by atoms with Gasteiger partial charge in [-0.1, -0.05) is 81.1 Å². The molecule has 0 radical (unpaired) electrons. The summed E-state index contributed by atoms with van der Waals surface area (Å²) in [4.78, 5) is 14.1. The van der Waals surface area contributed by atoms with E-state index in [9.17, 15) is 4.79 Å². The molecule has 6 nitrogen and oxygen atoms in total. The van der Waals surface area contributed by atoms with Crippen LogP contribution in [0.1, 0.15) is 56.1 Å². The monoisotopic (exact) mass is 483 g/mol. The van der Waals surface area contributed by atoms with Gasteiger partial charge in [-0.25, -0.2) is 4.79 Å². The second kappa shape index (κ2) is 15.6. The van der Waals surface area contributed by atoms with E-state index in [1.165, 1.54) is 47.9 Å². The number of unbranched alkanes of at least 4 members (excludes halogenated alkanes) is 4. The van der Waals surface area contributed by atoms with Crippen molar-refractivity contribution in [2.45, 2.75) is 44.9 Å². The summed E-state index contributed by atoms with van der Waals surface area (Å²) in [6.45, 7) is 6.50. The summed E-state index contributed by atoms with van der Waals surface area (Å²) in [5, 5.41) is 0. The van der Waals surface area contributed by atoms with Gasteiger partial charge in [0.1, 0.15) is 6.61 Å². The van der Waals surface area contributed by atoms with E-state index in [1.807, 2.05) is 24.3 Å². The second-order valence-electron chi connectivity index (χ2n) is 8.98. The standard InChI is InChI=1S/C29H41NO5/c1-3-4-5-6-11-17-32-19-21-34-22-20-33-18-16-30(2)29(31)35-23-28-26-14-9-7-12-24(26)25-13-8-10-15-27(25)28/h7-10,12-15,28H,3-6,11,16-23H2,1-2H3. The zero-order chi connectivity index (χ0) is 24.7. The van der Waals surface area contributed by atoms with Gasteiger partial charge in [0.15, 0.2) is 0 Å². The lowest BCUT2D eigenvalue weighted by Crippen LogP contribution is -2.32. The Hall–Kier alpha value is -2.41. The van der Waals surface area contributed by atoms with E-state index >= 15 is 0 Å². The molecular weight excluding hydrogens is 442 g/mol. The maximum absolute atomic E-state index is 12.5. The first-order valence-electron chi connectivity index (χ1n) is 13.0. The topological polar surface area (TPSA) is 57.2 Å².